The number of carbonyl (C=O) groups is 3. The molecular weight excluding hydrogens is 458 g/mol. The summed E-state index contributed by atoms with van der Waals surface area (Å²) in [5, 5.41) is 2.22. The molecule has 0 N–H and O–H groups in total. The van der Waals surface area contributed by atoms with Crippen LogP contribution in [0.25, 0.3) is 0 Å². The van der Waals surface area contributed by atoms with Gasteiger partial charge in [-0.2, -0.15) is 0 Å². The van der Waals surface area contributed by atoms with E-state index < -0.39 is 12.1 Å². The molecule has 35 heavy (non-hydrogen) atoms. The van der Waals surface area contributed by atoms with Crippen LogP contribution in [0.15, 0.2) is 66.2 Å². The molecule has 1 aromatic heterocycles. The summed E-state index contributed by atoms with van der Waals surface area (Å²) in [5.41, 5.74) is 3.39. The molecule has 2 amide bonds. The summed E-state index contributed by atoms with van der Waals surface area (Å²) in [6.45, 7) is 0.963. The molecule has 2 aliphatic rings. The van der Waals surface area contributed by atoms with Crippen LogP contribution >= 0.6 is 11.3 Å². The monoisotopic (exact) mass is 487 g/mol. The average molecular weight is 488 g/mol. The van der Waals surface area contributed by atoms with Crippen molar-refractivity contribution in [2.75, 3.05) is 6.54 Å². The van der Waals surface area contributed by atoms with Crippen molar-refractivity contribution in [3.8, 4) is 0 Å². The second-order valence-electron chi connectivity index (χ2n) is 9.24. The number of aryl methyl sites for hydroxylation is 1. The molecule has 5 rings (SSSR count). The van der Waals surface area contributed by atoms with Gasteiger partial charge in [-0.3, -0.25) is 14.4 Å². The zero-order valence-electron chi connectivity index (χ0n) is 19.6. The van der Waals surface area contributed by atoms with Gasteiger partial charge in [0.25, 0.3) is 0 Å². The molecule has 1 unspecified atom stereocenters. The smallest absolute Gasteiger partial charge is 0.246 e. The van der Waals surface area contributed by atoms with Gasteiger partial charge in [-0.05, 0) is 42.4 Å². The number of hydrogen-bond donors (Lipinski definition) is 0. The molecular formula is C28H29N3O3S. The Morgan fingerprint density at radius 2 is 1.71 bits per heavy atom. The Morgan fingerprint density at radius 1 is 0.943 bits per heavy atom. The molecule has 3 aromatic rings. The Balaban J connectivity index is 1.34. The third-order valence-corrected chi connectivity index (χ3v) is 7.82. The molecule has 0 bridgehead atoms. The zero-order valence-corrected chi connectivity index (χ0v) is 20.5. The van der Waals surface area contributed by atoms with Gasteiger partial charge in [0.05, 0.1) is 6.04 Å². The summed E-state index contributed by atoms with van der Waals surface area (Å²) in [6.07, 6.45) is 5.46. The van der Waals surface area contributed by atoms with E-state index in [1.807, 2.05) is 42.5 Å². The van der Waals surface area contributed by atoms with Crippen molar-refractivity contribution < 1.29 is 14.4 Å². The lowest BCUT2D eigenvalue weighted by Gasteiger charge is -2.39. The first-order chi connectivity index (χ1) is 17.1. The standard InChI is InChI=1S/C28H29N3O3S/c32-25(14-6-10-20-8-2-1-3-9-20)31-19-22-12-5-4-11-21(22)18-24(31)28(34)30-16-7-13-23(30)26(33)27-29-15-17-35-27/h1-5,8-9,11-12,15,17,23-24H,6-7,10,13-14,16,18-19H2/t23-,24?/m0/s1. The van der Waals surface area contributed by atoms with Gasteiger partial charge in [0.15, 0.2) is 5.01 Å². The van der Waals surface area contributed by atoms with Gasteiger partial charge in [0.2, 0.25) is 17.6 Å². The Hall–Kier alpha value is -3.32. The fourth-order valence-electron chi connectivity index (χ4n) is 5.22. The highest BCUT2D eigenvalue weighted by Gasteiger charge is 2.42. The number of hydrogen-bond acceptors (Lipinski definition) is 5. The van der Waals surface area contributed by atoms with Crippen molar-refractivity contribution in [3.63, 3.8) is 0 Å². The minimum atomic E-state index is -0.584. The molecule has 0 saturated carbocycles. The van der Waals surface area contributed by atoms with Crippen LogP contribution in [0, 0.1) is 0 Å². The van der Waals surface area contributed by atoms with Gasteiger partial charge in [-0.25, -0.2) is 4.98 Å². The number of rotatable bonds is 7. The second kappa shape index (κ2) is 10.5. The number of amides is 2. The summed E-state index contributed by atoms with van der Waals surface area (Å²) in [7, 11) is 0. The second-order valence-corrected chi connectivity index (χ2v) is 10.1. The molecule has 0 radical (unpaired) electrons. The minimum Gasteiger partial charge on any atom is -0.330 e. The topological polar surface area (TPSA) is 70.6 Å². The highest BCUT2D eigenvalue weighted by atomic mass is 32.1. The molecule has 180 valence electrons. The maximum atomic E-state index is 13.9. The van der Waals surface area contributed by atoms with Crippen LogP contribution in [-0.2, 0) is 29.0 Å². The van der Waals surface area contributed by atoms with E-state index in [-0.39, 0.29) is 17.6 Å². The fraction of sp³-hybridized carbons (Fsp3) is 0.357. The van der Waals surface area contributed by atoms with Gasteiger partial charge in [0, 0.05) is 37.5 Å². The highest BCUT2D eigenvalue weighted by molar-refractivity contribution is 7.11. The van der Waals surface area contributed by atoms with E-state index in [0.717, 1.165) is 30.4 Å². The van der Waals surface area contributed by atoms with Crippen molar-refractivity contribution in [1.82, 2.24) is 14.8 Å². The fourth-order valence-corrected chi connectivity index (χ4v) is 5.84. The summed E-state index contributed by atoms with van der Waals surface area (Å²) < 4.78 is 0. The normalized spacial score (nSPS) is 19.4. The first-order valence-corrected chi connectivity index (χ1v) is 13.1. The minimum absolute atomic E-state index is 0.00391. The predicted octanol–water partition coefficient (Wildman–Crippen LogP) is 4.29. The Kier molecular flexibility index (Phi) is 7.04. The predicted molar refractivity (Wildman–Crippen MR) is 135 cm³/mol. The van der Waals surface area contributed by atoms with Crippen LogP contribution in [0.2, 0.25) is 0 Å². The van der Waals surface area contributed by atoms with Crippen molar-refractivity contribution >= 4 is 28.9 Å². The summed E-state index contributed by atoms with van der Waals surface area (Å²) in [4.78, 5) is 48.0. The summed E-state index contributed by atoms with van der Waals surface area (Å²) in [5.74, 6) is -0.220. The number of ketones is 1. The average Bonchev–Trinajstić information content (AvgIpc) is 3.60. The molecule has 2 atom stereocenters. The lowest BCUT2D eigenvalue weighted by molar-refractivity contribution is -0.147. The maximum Gasteiger partial charge on any atom is 0.246 e. The molecule has 6 nitrogen and oxygen atoms in total. The van der Waals surface area contributed by atoms with E-state index in [1.165, 1.54) is 16.9 Å². The number of fused-ring (bicyclic) bond motifs is 1. The first-order valence-electron chi connectivity index (χ1n) is 12.3. The SMILES string of the molecule is O=C(c1nccs1)[C@@H]1CCCN1C(=O)C1Cc2ccccc2CN1C(=O)CCCc1ccccc1. The van der Waals surface area contributed by atoms with E-state index in [0.29, 0.717) is 37.4 Å². The summed E-state index contributed by atoms with van der Waals surface area (Å²) >= 11 is 1.31. The van der Waals surface area contributed by atoms with Crippen LogP contribution in [-0.4, -0.2) is 51.0 Å². The van der Waals surface area contributed by atoms with Crippen LogP contribution in [0.1, 0.15) is 52.2 Å². The van der Waals surface area contributed by atoms with E-state index in [9.17, 15) is 14.4 Å². The largest absolute Gasteiger partial charge is 0.330 e. The lowest BCUT2D eigenvalue weighted by atomic mass is 9.92. The molecule has 0 spiro atoms. The number of nitrogens with zero attached hydrogens (tertiary/aromatic N) is 3. The van der Waals surface area contributed by atoms with Crippen molar-refractivity contribution in [1.29, 1.82) is 0 Å². The maximum absolute atomic E-state index is 13.9. The Morgan fingerprint density at radius 3 is 2.49 bits per heavy atom. The van der Waals surface area contributed by atoms with Crippen molar-refractivity contribution in [3.05, 3.63) is 87.9 Å². The van der Waals surface area contributed by atoms with Gasteiger partial charge in [-0.15, -0.1) is 11.3 Å². The molecule has 1 fully saturated rings. The van der Waals surface area contributed by atoms with Crippen molar-refractivity contribution in [2.45, 2.75) is 57.2 Å². The Labute approximate surface area is 209 Å². The molecule has 3 heterocycles. The quantitative estimate of drug-likeness (QED) is 0.466. The van der Waals surface area contributed by atoms with E-state index in [2.05, 4.69) is 17.1 Å². The van der Waals surface area contributed by atoms with Gasteiger partial charge in [-0.1, -0.05) is 54.6 Å². The highest BCUT2D eigenvalue weighted by Crippen LogP contribution is 2.29. The lowest BCUT2D eigenvalue weighted by Crippen LogP contribution is -2.55. The number of thiazole rings is 1. The van der Waals surface area contributed by atoms with Crippen LogP contribution in [0.4, 0.5) is 0 Å². The van der Waals surface area contributed by atoms with Gasteiger partial charge < -0.3 is 9.80 Å². The van der Waals surface area contributed by atoms with Crippen LogP contribution < -0.4 is 0 Å². The number of Topliss-reactive ketones (excluding diaryl/α,β-unsaturated/α-hetero) is 1. The third kappa shape index (κ3) is 5.05. The number of benzene rings is 2. The molecule has 2 aliphatic heterocycles. The van der Waals surface area contributed by atoms with Crippen LogP contribution in [0.5, 0.6) is 0 Å². The van der Waals surface area contributed by atoms with E-state index in [1.54, 1.807) is 21.4 Å². The van der Waals surface area contributed by atoms with Gasteiger partial charge in [0.1, 0.15) is 6.04 Å². The molecule has 2 aromatic carbocycles. The van der Waals surface area contributed by atoms with Crippen LogP contribution in [0.3, 0.4) is 0 Å². The van der Waals surface area contributed by atoms with Gasteiger partial charge >= 0.3 is 0 Å². The van der Waals surface area contributed by atoms with E-state index >= 15 is 0 Å². The first kappa shape index (κ1) is 23.4. The Bertz CT molecular complexity index is 1200. The summed E-state index contributed by atoms with van der Waals surface area (Å²) in [6, 6.07) is 17.1. The number of aromatic nitrogens is 1. The molecule has 7 heteroatoms. The third-order valence-electron chi connectivity index (χ3n) is 7.03. The number of carbonyl (C=O) groups excluding carboxylic acids is 3. The van der Waals surface area contributed by atoms with Crippen molar-refractivity contribution in [2.24, 2.45) is 0 Å². The van der Waals surface area contributed by atoms with E-state index in [4.69, 9.17) is 0 Å². The molecule has 0 aliphatic carbocycles. The molecule has 1 saturated heterocycles. The zero-order chi connectivity index (χ0) is 24.2. The number of likely N-dealkylation sites (tertiary alicyclic amines) is 1.